The van der Waals surface area contributed by atoms with Gasteiger partial charge in [-0.15, -0.1) is 0 Å². The van der Waals surface area contributed by atoms with E-state index in [2.05, 4.69) is 0 Å². The molecule has 7 heteroatoms. The molecular weight excluding hydrogens is 286 g/mol. The van der Waals surface area contributed by atoms with E-state index < -0.39 is 24.3 Å². The number of halogens is 5. The molecule has 2 nitrogen and oxygen atoms in total. The minimum atomic E-state index is -4.69. The van der Waals surface area contributed by atoms with Crippen LogP contribution in [0.1, 0.15) is 18.5 Å². The van der Waals surface area contributed by atoms with E-state index in [9.17, 15) is 22.4 Å². The first-order valence-electron chi connectivity index (χ1n) is 5.36. The highest BCUT2D eigenvalue weighted by Gasteiger charge is 2.51. The highest BCUT2D eigenvalue weighted by molar-refractivity contribution is 6.30. The first kappa shape index (κ1) is 15.8. The number of benzene rings is 1. The fourth-order valence-electron chi connectivity index (χ4n) is 1.49. The molecule has 106 valence electrons. The fourth-order valence-corrected chi connectivity index (χ4v) is 1.69. The molecule has 0 aliphatic heterocycles. The Morgan fingerprint density at radius 2 is 1.95 bits per heavy atom. The number of alkyl halides is 4. The topological polar surface area (TPSA) is 20.3 Å². The summed E-state index contributed by atoms with van der Waals surface area (Å²) in [5.41, 5.74) is 0.480. The molecule has 1 unspecified atom stereocenters. The van der Waals surface area contributed by atoms with Gasteiger partial charge in [0.1, 0.15) is 0 Å². The Hall–Kier alpha value is -1.30. The molecule has 0 aliphatic carbocycles. The van der Waals surface area contributed by atoms with Crippen LogP contribution in [0.4, 0.5) is 17.6 Å². The molecule has 1 amide bonds. The second kappa shape index (κ2) is 5.77. The van der Waals surface area contributed by atoms with Gasteiger partial charge in [-0.1, -0.05) is 23.7 Å². The molecule has 1 rings (SSSR count). The standard InChI is InChI=1S/C12H12ClF4NO/c1-7(8-4-3-5-9(13)6-8)18(2)11(19)12(16,17)10(14)15/h3-7,10H,1-2H3. The third-order valence-electron chi connectivity index (χ3n) is 2.79. The van der Waals surface area contributed by atoms with Crippen LogP contribution in [-0.2, 0) is 4.79 Å². The normalized spacial score (nSPS) is 13.5. The molecule has 1 atom stereocenters. The lowest BCUT2D eigenvalue weighted by atomic mass is 10.1. The largest absolute Gasteiger partial charge is 0.383 e. The van der Waals surface area contributed by atoms with Gasteiger partial charge in [-0.25, -0.2) is 8.78 Å². The van der Waals surface area contributed by atoms with Crippen molar-refractivity contribution in [1.82, 2.24) is 4.90 Å². The first-order chi connectivity index (χ1) is 8.67. The van der Waals surface area contributed by atoms with Crippen molar-refractivity contribution < 1.29 is 22.4 Å². The lowest BCUT2D eigenvalue weighted by Gasteiger charge is -2.28. The van der Waals surface area contributed by atoms with Crippen LogP contribution in [0.3, 0.4) is 0 Å². The third-order valence-corrected chi connectivity index (χ3v) is 3.03. The first-order valence-corrected chi connectivity index (χ1v) is 5.74. The van der Waals surface area contributed by atoms with Crippen LogP contribution < -0.4 is 0 Å². The van der Waals surface area contributed by atoms with Gasteiger partial charge in [0.25, 0.3) is 5.91 Å². The molecule has 1 aromatic carbocycles. The Balaban J connectivity index is 2.94. The predicted molar refractivity (Wildman–Crippen MR) is 63.6 cm³/mol. The predicted octanol–water partition coefficient (Wildman–Crippen LogP) is 3.76. The smallest absolute Gasteiger partial charge is 0.334 e. The molecule has 19 heavy (non-hydrogen) atoms. The second-order valence-electron chi connectivity index (χ2n) is 4.07. The average Bonchev–Trinajstić information content (AvgIpc) is 2.35. The van der Waals surface area contributed by atoms with Crippen molar-refractivity contribution >= 4 is 17.5 Å². The van der Waals surface area contributed by atoms with Gasteiger partial charge in [0.05, 0.1) is 6.04 Å². The van der Waals surface area contributed by atoms with Crippen molar-refractivity contribution in [3.05, 3.63) is 34.9 Å². The lowest BCUT2D eigenvalue weighted by Crippen LogP contribution is -2.46. The monoisotopic (exact) mass is 297 g/mol. The SMILES string of the molecule is CC(c1cccc(Cl)c1)N(C)C(=O)C(F)(F)C(F)F. The number of carbonyl (C=O) groups is 1. The molecule has 1 aromatic rings. The van der Waals surface area contributed by atoms with Crippen LogP contribution in [0.5, 0.6) is 0 Å². The quantitative estimate of drug-likeness (QED) is 0.775. The maximum atomic E-state index is 13.0. The van der Waals surface area contributed by atoms with Crippen LogP contribution in [0.25, 0.3) is 0 Å². The summed E-state index contributed by atoms with van der Waals surface area (Å²) in [6, 6.07) is 5.42. The molecule has 0 aliphatic rings. The second-order valence-corrected chi connectivity index (χ2v) is 4.51. The van der Waals surface area contributed by atoms with Crippen molar-refractivity contribution in [3.63, 3.8) is 0 Å². The van der Waals surface area contributed by atoms with Crippen molar-refractivity contribution in [2.45, 2.75) is 25.3 Å². The molecule has 0 spiro atoms. The minimum absolute atomic E-state index is 0.366. The minimum Gasteiger partial charge on any atom is -0.334 e. The molecule has 0 saturated carbocycles. The van der Waals surface area contributed by atoms with Gasteiger partial charge in [0.15, 0.2) is 0 Å². The Bertz CT molecular complexity index is 467. The van der Waals surface area contributed by atoms with E-state index in [0.717, 1.165) is 7.05 Å². The van der Waals surface area contributed by atoms with Gasteiger partial charge in [-0.05, 0) is 24.6 Å². The van der Waals surface area contributed by atoms with E-state index in [1.165, 1.54) is 13.0 Å². The highest BCUT2D eigenvalue weighted by Crippen LogP contribution is 2.29. The summed E-state index contributed by atoms with van der Waals surface area (Å²) in [5, 5.41) is 0.366. The van der Waals surface area contributed by atoms with Crippen LogP contribution in [0.2, 0.25) is 5.02 Å². The van der Waals surface area contributed by atoms with Crippen molar-refractivity contribution in [2.24, 2.45) is 0 Å². The molecule has 0 aromatic heterocycles. The average molecular weight is 298 g/mol. The van der Waals surface area contributed by atoms with Crippen molar-refractivity contribution in [1.29, 1.82) is 0 Å². The summed E-state index contributed by atoms with van der Waals surface area (Å²) < 4.78 is 50.2. The Morgan fingerprint density at radius 3 is 2.42 bits per heavy atom. The summed E-state index contributed by atoms with van der Waals surface area (Å²) in [6.45, 7) is 1.45. The molecule has 0 heterocycles. The zero-order valence-electron chi connectivity index (χ0n) is 10.2. The molecule has 0 N–H and O–H groups in total. The Morgan fingerprint density at radius 1 is 1.37 bits per heavy atom. The van der Waals surface area contributed by atoms with E-state index in [0.29, 0.717) is 15.5 Å². The van der Waals surface area contributed by atoms with Gasteiger partial charge in [0.2, 0.25) is 0 Å². The van der Waals surface area contributed by atoms with Crippen LogP contribution in [0.15, 0.2) is 24.3 Å². The summed E-state index contributed by atoms with van der Waals surface area (Å²) in [5.74, 6) is -6.61. The van der Waals surface area contributed by atoms with Crippen LogP contribution >= 0.6 is 11.6 Å². The van der Waals surface area contributed by atoms with E-state index in [1.807, 2.05) is 0 Å². The van der Waals surface area contributed by atoms with Gasteiger partial charge in [-0.3, -0.25) is 4.79 Å². The van der Waals surface area contributed by atoms with Gasteiger partial charge in [0, 0.05) is 12.1 Å². The number of nitrogens with zero attached hydrogens (tertiary/aromatic N) is 1. The Kier molecular flexibility index (Phi) is 4.79. The van der Waals surface area contributed by atoms with Crippen LogP contribution in [0, 0.1) is 0 Å². The molecule has 0 saturated heterocycles. The van der Waals surface area contributed by atoms with Gasteiger partial charge >= 0.3 is 12.3 Å². The fraction of sp³-hybridized carbons (Fsp3) is 0.417. The van der Waals surface area contributed by atoms with Crippen LogP contribution in [-0.4, -0.2) is 30.2 Å². The summed E-state index contributed by atoms with van der Waals surface area (Å²) in [7, 11) is 1.05. The van der Waals surface area contributed by atoms with Gasteiger partial charge < -0.3 is 4.90 Å². The van der Waals surface area contributed by atoms with E-state index in [-0.39, 0.29) is 0 Å². The molecular formula is C12H12ClF4NO. The maximum absolute atomic E-state index is 13.0. The number of hydrogen-bond acceptors (Lipinski definition) is 1. The Labute approximate surface area is 113 Å². The summed E-state index contributed by atoms with van der Waals surface area (Å²) in [4.78, 5) is 12.0. The van der Waals surface area contributed by atoms with E-state index in [1.54, 1.807) is 18.2 Å². The lowest BCUT2D eigenvalue weighted by molar-refractivity contribution is -0.181. The van der Waals surface area contributed by atoms with E-state index in [4.69, 9.17) is 11.6 Å². The number of rotatable bonds is 4. The highest BCUT2D eigenvalue weighted by atomic mass is 35.5. The zero-order valence-corrected chi connectivity index (χ0v) is 11.0. The third kappa shape index (κ3) is 3.37. The molecule has 0 fully saturated rings. The maximum Gasteiger partial charge on any atom is 0.383 e. The van der Waals surface area contributed by atoms with Crippen molar-refractivity contribution in [2.75, 3.05) is 7.05 Å². The summed E-state index contributed by atoms with van der Waals surface area (Å²) in [6.07, 6.45) is -4.03. The number of amides is 1. The number of hydrogen-bond donors (Lipinski definition) is 0. The number of carbonyl (C=O) groups excluding carboxylic acids is 1. The van der Waals surface area contributed by atoms with Gasteiger partial charge in [-0.2, -0.15) is 8.78 Å². The molecule has 0 bridgehead atoms. The molecule has 0 radical (unpaired) electrons. The van der Waals surface area contributed by atoms with Crippen molar-refractivity contribution in [3.8, 4) is 0 Å². The van der Waals surface area contributed by atoms with E-state index >= 15 is 0 Å². The zero-order chi connectivity index (χ0) is 14.8. The summed E-state index contributed by atoms with van der Waals surface area (Å²) >= 11 is 5.74.